The maximum atomic E-state index is 5.84. The maximum Gasteiger partial charge on any atom is 0.193 e. The first-order chi connectivity index (χ1) is 15.0. The first-order valence-electron chi connectivity index (χ1n) is 10.2. The van der Waals surface area contributed by atoms with E-state index in [4.69, 9.17) is 12.2 Å². The van der Waals surface area contributed by atoms with Crippen LogP contribution in [0.2, 0.25) is 0 Å². The summed E-state index contributed by atoms with van der Waals surface area (Å²) in [6, 6.07) is 16.7. The van der Waals surface area contributed by atoms with E-state index in [9.17, 15) is 0 Å². The smallest absolute Gasteiger partial charge is 0.193 e. The monoisotopic (exact) mass is 445 g/mol. The van der Waals surface area contributed by atoms with Crippen LogP contribution in [0.1, 0.15) is 40.3 Å². The molecule has 0 unspecified atom stereocenters. The van der Waals surface area contributed by atoms with Crippen LogP contribution in [0, 0.1) is 20.8 Å². The highest BCUT2D eigenvalue weighted by atomic mass is 32.1. The van der Waals surface area contributed by atoms with Crippen LogP contribution in [0.3, 0.4) is 0 Å². The van der Waals surface area contributed by atoms with Crippen molar-refractivity contribution in [2.45, 2.75) is 32.9 Å². The van der Waals surface area contributed by atoms with Crippen molar-refractivity contribution in [1.29, 1.82) is 0 Å². The van der Waals surface area contributed by atoms with Gasteiger partial charge in [0.1, 0.15) is 0 Å². The van der Waals surface area contributed by atoms with E-state index in [-0.39, 0.29) is 12.1 Å². The molecule has 0 aliphatic carbocycles. The summed E-state index contributed by atoms with van der Waals surface area (Å²) in [5.41, 5.74) is 6.82. The molecule has 0 spiro atoms. The van der Waals surface area contributed by atoms with Gasteiger partial charge in [0.15, 0.2) is 10.2 Å². The van der Waals surface area contributed by atoms with E-state index in [1.165, 1.54) is 16.8 Å². The summed E-state index contributed by atoms with van der Waals surface area (Å²) < 4.78 is 2.23. The highest BCUT2D eigenvalue weighted by molar-refractivity contribution is 7.80. The summed E-state index contributed by atoms with van der Waals surface area (Å²) in [6.07, 6.45) is 3.69. The molecule has 2 atom stereocenters. The van der Waals surface area contributed by atoms with Gasteiger partial charge in [0.2, 0.25) is 0 Å². The van der Waals surface area contributed by atoms with Crippen molar-refractivity contribution in [2.75, 3.05) is 4.90 Å². The van der Waals surface area contributed by atoms with E-state index in [1.54, 1.807) is 11.3 Å². The van der Waals surface area contributed by atoms with Crippen molar-refractivity contribution in [3.05, 3.63) is 94.5 Å². The van der Waals surface area contributed by atoms with Crippen molar-refractivity contribution in [3.63, 3.8) is 0 Å². The van der Waals surface area contributed by atoms with Crippen LogP contribution in [-0.4, -0.2) is 19.6 Å². The van der Waals surface area contributed by atoms with E-state index in [0.29, 0.717) is 5.11 Å². The molecular weight excluding hydrogens is 422 g/mol. The molecule has 0 radical (unpaired) electrons. The fraction of sp³-hybridized carbons (Fsp3) is 0.208. The van der Waals surface area contributed by atoms with Crippen molar-refractivity contribution < 1.29 is 0 Å². The van der Waals surface area contributed by atoms with Gasteiger partial charge in [-0.15, -0.1) is 11.3 Å². The average Bonchev–Trinajstić information content (AvgIpc) is 3.47. The summed E-state index contributed by atoms with van der Waals surface area (Å²) in [4.78, 5) is 11.4. The standard InChI is InChI=1S/C24H23N5S2/c1-15-7-9-18(10-8-15)29-22(21(27-23(29)30)20-6-4-5-11-25-20)19-14-16(2)28(17(19)3)24-26-12-13-31-24/h4-14,21-22H,1-3H3,(H,27,30)/t21-,22+/m1/s1. The molecule has 0 saturated carbocycles. The van der Waals surface area contributed by atoms with E-state index < -0.39 is 0 Å². The van der Waals surface area contributed by atoms with Crippen molar-refractivity contribution in [2.24, 2.45) is 0 Å². The van der Waals surface area contributed by atoms with Crippen LogP contribution in [0.5, 0.6) is 0 Å². The van der Waals surface area contributed by atoms with Gasteiger partial charge in [-0.2, -0.15) is 0 Å². The number of pyridine rings is 1. The molecule has 0 bridgehead atoms. The molecule has 1 aromatic carbocycles. The molecule has 156 valence electrons. The van der Waals surface area contributed by atoms with Gasteiger partial charge in [-0.25, -0.2) is 4.98 Å². The number of thiocarbonyl (C=S) groups is 1. The number of rotatable bonds is 4. The first kappa shape index (κ1) is 19.9. The number of aromatic nitrogens is 3. The molecule has 5 nitrogen and oxygen atoms in total. The van der Waals surface area contributed by atoms with Gasteiger partial charge < -0.3 is 10.2 Å². The van der Waals surface area contributed by atoms with Gasteiger partial charge in [-0.1, -0.05) is 23.8 Å². The molecule has 1 N–H and O–H groups in total. The van der Waals surface area contributed by atoms with Crippen LogP contribution < -0.4 is 10.2 Å². The number of anilines is 1. The minimum atomic E-state index is -0.0553. The van der Waals surface area contributed by atoms with Crippen LogP contribution in [-0.2, 0) is 0 Å². The van der Waals surface area contributed by atoms with E-state index in [0.717, 1.165) is 22.2 Å². The Morgan fingerprint density at radius 1 is 1.00 bits per heavy atom. The third kappa shape index (κ3) is 3.43. The second kappa shape index (κ2) is 7.90. The Morgan fingerprint density at radius 2 is 1.81 bits per heavy atom. The molecule has 31 heavy (non-hydrogen) atoms. The van der Waals surface area contributed by atoms with Gasteiger partial charge in [0, 0.05) is 34.8 Å². The lowest BCUT2D eigenvalue weighted by Crippen LogP contribution is -2.29. The van der Waals surface area contributed by atoms with Crippen LogP contribution in [0.4, 0.5) is 5.69 Å². The minimum absolute atomic E-state index is 0.0231. The number of nitrogens with one attached hydrogen (secondary N) is 1. The number of nitrogens with zero attached hydrogens (tertiary/aromatic N) is 4. The first-order valence-corrected chi connectivity index (χ1v) is 11.5. The second-order valence-corrected chi connectivity index (χ2v) is 9.07. The van der Waals surface area contributed by atoms with Crippen molar-refractivity contribution >= 4 is 34.4 Å². The van der Waals surface area contributed by atoms with Crippen LogP contribution >= 0.6 is 23.6 Å². The number of aryl methyl sites for hydroxylation is 2. The van der Waals surface area contributed by atoms with Gasteiger partial charge in [0.05, 0.1) is 17.8 Å². The van der Waals surface area contributed by atoms with Crippen LogP contribution in [0.25, 0.3) is 5.13 Å². The molecule has 5 rings (SSSR count). The Hall–Kier alpha value is -3.03. The summed E-state index contributed by atoms with van der Waals surface area (Å²) >= 11 is 7.48. The number of thiazole rings is 1. The molecule has 1 saturated heterocycles. The van der Waals surface area contributed by atoms with Gasteiger partial charge in [-0.05, 0) is 68.9 Å². The molecule has 3 aromatic heterocycles. The van der Waals surface area contributed by atoms with Gasteiger partial charge in [0.25, 0.3) is 0 Å². The molecule has 7 heteroatoms. The van der Waals surface area contributed by atoms with Gasteiger partial charge >= 0.3 is 0 Å². The molecule has 4 aromatic rings. The number of hydrogen-bond acceptors (Lipinski definition) is 4. The predicted molar refractivity (Wildman–Crippen MR) is 130 cm³/mol. The normalized spacial score (nSPS) is 18.4. The fourth-order valence-corrected chi connectivity index (χ4v) is 5.46. The molecule has 1 aliphatic heterocycles. The molecule has 1 aliphatic rings. The summed E-state index contributed by atoms with van der Waals surface area (Å²) in [5, 5.41) is 7.24. The summed E-state index contributed by atoms with van der Waals surface area (Å²) in [7, 11) is 0. The SMILES string of the molecule is Cc1ccc(N2C(=S)N[C@H](c3ccccn3)[C@@H]2c2cc(C)n(-c3nccs3)c2C)cc1. The van der Waals surface area contributed by atoms with E-state index >= 15 is 0 Å². The molecule has 1 fully saturated rings. The van der Waals surface area contributed by atoms with Gasteiger partial charge in [-0.3, -0.25) is 9.55 Å². The second-order valence-electron chi connectivity index (χ2n) is 7.81. The Bertz CT molecular complexity index is 1210. The van der Waals surface area contributed by atoms with Crippen LogP contribution in [0.15, 0.2) is 66.3 Å². The number of benzene rings is 1. The third-order valence-corrected chi connectivity index (χ3v) is 6.88. The van der Waals surface area contributed by atoms with E-state index in [1.807, 2.05) is 29.9 Å². The lowest BCUT2D eigenvalue weighted by molar-refractivity contribution is 0.565. The zero-order chi connectivity index (χ0) is 21.5. The summed E-state index contributed by atoms with van der Waals surface area (Å²) in [6.45, 7) is 6.39. The molecule has 4 heterocycles. The summed E-state index contributed by atoms with van der Waals surface area (Å²) in [5.74, 6) is 0. The van der Waals surface area contributed by atoms with E-state index in [2.05, 4.69) is 81.9 Å². The minimum Gasteiger partial charge on any atom is -0.351 e. The van der Waals surface area contributed by atoms with Crippen molar-refractivity contribution in [3.8, 4) is 5.13 Å². The Labute approximate surface area is 191 Å². The highest BCUT2D eigenvalue weighted by Gasteiger charge is 2.42. The topological polar surface area (TPSA) is 46.0 Å². The quantitative estimate of drug-likeness (QED) is 0.424. The Kier molecular flexibility index (Phi) is 5.08. The fourth-order valence-electron chi connectivity index (χ4n) is 4.36. The third-order valence-electron chi connectivity index (χ3n) is 5.81. The Morgan fingerprint density at radius 3 is 2.48 bits per heavy atom. The molecule has 0 amide bonds. The molecular formula is C24H23N5S2. The lowest BCUT2D eigenvalue weighted by Gasteiger charge is -2.28. The zero-order valence-electron chi connectivity index (χ0n) is 17.6. The van der Waals surface area contributed by atoms with Crippen molar-refractivity contribution in [1.82, 2.24) is 19.9 Å². The zero-order valence-corrected chi connectivity index (χ0v) is 19.2. The predicted octanol–water partition coefficient (Wildman–Crippen LogP) is 5.43. The maximum absolute atomic E-state index is 5.84. The Balaban J connectivity index is 1.68. The number of hydrogen-bond donors (Lipinski definition) is 1. The lowest BCUT2D eigenvalue weighted by atomic mass is 9.96. The average molecular weight is 446 g/mol. The largest absolute Gasteiger partial charge is 0.351 e. The highest BCUT2D eigenvalue weighted by Crippen LogP contribution is 2.43.